The molecular formula is C15H28N2O. The largest absolute Gasteiger partial charge is 0.389 e. The van der Waals surface area contributed by atoms with E-state index in [4.69, 9.17) is 0 Å². The van der Waals surface area contributed by atoms with Gasteiger partial charge in [0.1, 0.15) is 0 Å². The Bertz CT molecular complexity index is 288. The lowest BCUT2D eigenvalue weighted by Gasteiger charge is -2.44. The summed E-state index contributed by atoms with van der Waals surface area (Å²) in [6.45, 7) is 4.37. The second-order valence-electron chi connectivity index (χ2n) is 6.84. The van der Waals surface area contributed by atoms with Crippen molar-refractivity contribution < 1.29 is 5.11 Å². The zero-order valence-electron chi connectivity index (χ0n) is 11.7. The standard InChI is InChI=1S/C15H28N2O/c1-15(18)9-4-6-14(15)17-10-3-2-5-13(17)11-16-12-7-8-12/h12-14,16,18H,2-11H2,1H3. The first-order chi connectivity index (χ1) is 8.67. The second-order valence-corrected chi connectivity index (χ2v) is 6.84. The van der Waals surface area contributed by atoms with E-state index >= 15 is 0 Å². The Kier molecular flexibility index (Phi) is 3.65. The number of aliphatic hydroxyl groups is 1. The number of hydrogen-bond donors (Lipinski definition) is 2. The van der Waals surface area contributed by atoms with Crippen LogP contribution in [-0.4, -0.2) is 46.8 Å². The highest BCUT2D eigenvalue weighted by molar-refractivity contribution is 4.99. The van der Waals surface area contributed by atoms with E-state index < -0.39 is 5.60 Å². The lowest BCUT2D eigenvalue weighted by molar-refractivity contribution is -0.0386. The number of nitrogens with zero attached hydrogens (tertiary/aromatic N) is 1. The van der Waals surface area contributed by atoms with Gasteiger partial charge in [-0.3, -0.25) is 4.90 Å². The Labute approximate surface area is 111 Å². The molecule has 0 aromatic rings. The van der Waals surface area contributed by atoms with Gasteiger partial charge in [0, 0.05) is 24.7 Å². The Morgan fingerprint density at radius 3 is 2.67 bits per heavy atom. The first kappa shape index (κ1) is 12.9. The summed E-state index contributed by atoms with van der Waals surface area (Å²) in [5.74, 6) is 0. The summed E-state index contributed by atoms with van der Waals surface area (Å²) in [6.07, 6.45) is 10.1. The van der Waals surface area contributed by atoms with E-state index in [1.807, 2.05) is 6.92 Å². The van der Waals surface area contributed by atoms with Crippen LogP contribution in [0.1, 0.15) is 58.3 Å². The van der Waals surface area contributed by atoms with Crippen molar-refractivity contribution in [2.75, 3.05) is 13.1 Å². The third-order valence-corrected chi connectivity index (χ3v) is 5.17. The maximum Gasteiger partial charge on any atom is 0.0774 e. The minimum Gasteiger partial charge on any atom is -0.389 e. The predicted molar refractivity (Wildman–Crippen MR) is 73.6 cm³/mol. The maximum atomic E-state index is 10.6. The van der Waals surface area contributed by atoms with E-state index in [1.165, 1.54) is 51.5 Å². The van der Waals surface area contributed by atoms with Crippen LogP contribution in [0.4, 0.5) is 0 Å². The molecule has 1 heterocycles. The fourth-order valence-electron chi connectivity index (χ4n) is 3.90. The van der Waals surface area contributed by atoms with E-state index in [9.17, 15) is 5.11 Å². The van der Waals surface area contributed by atoms with Crippen LogP contribution in [0.5, 0.6) is 0 Å². The van der Waals surface area contributed by atoms with Gasteiger partial charge in [-0.25, -0.2) is 0 Å². The normalized spacial score (nSPS) is 42.3. The van der Waals surface area contributed by atoms with Crippen LogP contribution >= 0.6 is 0 Å². The van der Waals surface area contributed by atoms with E-state index in [-0.39, 0.29) is 0 Å². The molecule has 2 saturated carbocycles. The van der Waals surface area contributed by atoms with Gasteiger partial charge in [0.2, 0.25) is 0 Å². The van der Waals surface area contributed by atoms with Gasteiger partial charge in [-0.15, -0.1) is 0 Å². The molecule has 1 aliphatic heterocycles. The van der Waals surface area contributed by atoms with Crippen LogP contribution in [0.25, 0.3) is 0 Å². The molecule has 1 saturated heterocycles. The highest BCUT2D eigenvalue weighted by atomic mass is 16.3. The minimum absolute atomic E-state index is 0.406. The second kappa shape index (κ2) is 5.10. The van der Waals surface area contributed by atoms with E-state index in [0.717, 1.165) is 19.0 Å². The molecule has 0 amide bonds. The van der Waals surface area contributed by atoms with E-state index in [1.54, 1.807) is 0 Å². The van der Waals surface area contributed by atoms with Gasteiger partial charge in [-0.2, -0.15) is 0 Å². The third kappa shape index (κ3) is 2.73. The molecule has 2 aliphatic carbocycles. The van der Waals surface area contributed by atoms with Gasteiger partial charge in [-0.1, -0.05) is 6.42 Å². The summed E-state index contributed by atoms with van der Waals surface area (Å²) in [4.78, 5) is 2.63. The molecule has 18 heavy (non-hydrogen) atoms. The fraction of sp³-hybridized carbons (Fsp3) is 1.00. The van der Waals surface area contributed by atoms with Crippen molar-refractivity contribution in [2.45, 2.75) is 82.0 Å². The summed E-state index contributed by atoms with van der Waals surface area (Å²) >= 11 is 0. The first-order valence-electron chi connectivity index (χ1n) is 7.88. The van der Waals surface area contributed by atoms with Crippen LogP contribution in [0.15, 0.2) is 0 Å². The van der Waals surface area contributed by atoms with Crippen molar-refractivity contribution in [3.63, 3.8) is 0 Å². The molecule has 0 spiro atoms. The summed E-state index contributed by atoms with van der Waals surface area (Å²) in [5.41, 5.74) is -0.449. The van der Waals surface area contributed by atoms with E-state index in [2.05, 4.69) is 10.2 Å². The number of likely N-dealkylation sites (tertiary alicyclic amines) is 1. The zero-order valence-corrected chi connectivity index (χ0v) is 11.7. The minimum atomic E-state index is -0.449. The average Bonchev–Trinajstić information content (AvgIpc) is 3.11. The van der Waals surface area contributed by atoms with E-state index in [0.29, 0.717) is 12.1 Å². The van der Waals surface area contributed by atoms with Crippen LogP contribution in [0.2, 0.25) is 0 Å². The van der Waals surface area contributed by atoms with Gasteiger partial charge in [0.05, 0.1) is 5.60 Å². The average molecular weight is 252 g/mol. The van der Waals surface area contributed by atoms with Crippen molar-refractivity contribution in [1.82, 2.24) is 10.2 Å². The van der Waals surface area contributed by atoms with Crippen molar-refractivity contribution in [3.8, 4) is 0 Å². The van der Waals surface area contributed by atoms with Gasteiger partial charge in [-0.05, 0) is 58.4 Å². The molecule has 3 unspecified atom stereocenters. The third-order valence-electron chi connectivity index (χ3n) is 5.17. The Morgan fingerprint density at radius 1 is 1.17 bits per heavy atom. The summed E-state index contributed by atoms with van der Waals surface area (Å²) < 4.78 is 0. The highest BCUT2D eigenvalue weighted by Gasteiger charge is 2.43. The lowest BCUT2D eigenvalue weighted by atomic mass is 9.93. The predicted octanol–water partition coefficient (Wildman–Crippen LogP) is 1.90. The molecule has 0 bridgehead atoms. The Hall–Kier alpha value is -0.120. The number of piperidine rings is 1. The molecule has 3 fully saturated rings. The molecule has 0 aromatic heterocycles. The molecule has 0 radical (unpaired) electrons. The van der Waals surface area contributed by atoms with Gasteiger partial charge >= 0.3 is 0 Å². The number of rotatable bonds is 4. The SMILES string of the molecule is CC1(O)CCCC1N1CCCCC1CNC1CC1. The molecule has 2 N–H and O–H groups in total. The zero-order chi connectivity index (χ0) is 12.6. The van der Waals surface area contributed by atoms with Gasteiger partial charge in [0.15, 0.2) is 0 Å². The molecule has 3 aliphatic rings. The summed E-state index contributed by atoms with van der Waals surface area (Å²) in [7, 11) is 0. The monoisotopic (exact) mass is 252 g/mol. The highest BCUT2D eigenvalue weighted by Crippen LogP contribution is 2.36. The number of nitrogens with one attached hydrogen (secondary N) is 1. The molecule has 3 atom stereocenters. The van der Waals surface area contributed by atoms with Gasteiger partial charge < -0.3 is 10.4 Å². The number of hydrogen-bond acceptors (Lipinski definition) is 3. The Balaban J connectivity index is 1.62. The van der Waals surface area contributed by atoms with Crippen LogP contribution < -0.4 is 5.32 Å². The molecule has 3 rings (SSSR count). The molecule has 3 nitrogen and oxygen atoms in total. The van der Waals surface area contributed by atoms with Crippen molar-refractivity contribution in [2.24, 2.45) is 0 Å². The Morgan fingerprint density at radius 2 is 2.00 bits per heavy atom. The van der Waals surface area contributed by atoms with Crippen LogP contribution in [0.3, 0.4) is 0 Å². The van der Waals surface area contributed by atoms with Crippen LogP contribution in [-0.2, 0) is 0 Å². The smallest absolute Gasteiger partial charge is 0.0774 e. The summed E-state index contributed by atoms with van der Waals surface area (Å²) in [5, 5.41) is 14.2. The first-order valence-corrected chi connectivity index (χ1v) is 7.88. The topological polar surface area (TPSA) is 35.5 Å². The molecule has 104 valence electrons. The fourth-order valence-corrected chi connectivity index (χ4v) is 3.90. The van der Waals surface area contributed by atoms with Gasteiger partial charge in [0.25, 0.3) is 0 Å². The maximum absolute atomic E-state index is 10.6. The molecule has 0 aromatic carbocycles. The van der Waals surface area contributed by atoms with Crippen molar-refractivity contribution in [3.05, 3.63) is 0 Å². The molecular weight excluding hydrogens is 224 g/mol. The lowest BCUT2D eigenvalue weighted by Crippen LogP contribution is -2.56. The van der Waals surface area contributed by atoms with Crippen LogP contribution in [0, 0.1) is 0 Å². The quantitative estimate of drug-likeness (QED) is 0.802. The van der Waals surface area contributed by atoms with Crippen molar-refractivity contribution in [1.29, 1.82) is 0 Å². The summed E-state index contributed by atoms with van der Waals surface area (Å²) in [6, 6.07) is 1.87. The molecule has 3 heteroatoms. The van der Waals surface area contributed by atoms with Crippen molar-refractivity contribution >= 4 is 0 Å².